The maximum absolute atomic E-state index is 13.8. The first-order chi connectivity index (χ1) is 13.8. The van der Waals surface area contributed by atoms with Gasteiger partial charge in [-0.05, 0) is 47.5 Å². The molecular formula is C22H19F2N3O2. The predicted molar refractivity (Wildman–Crippen MR) is 108 cm³/mol. The Morgan fingerprint density at radius 2 is 1.79 bits per heavy atom. The van der Waals surface area contributed by atoms with Crippen molar-refractivity contribution in [1.82, 2.24) is 14.9 Å². The Balaban J connectivity index is 1.64. The molecule has 0 saturated carbocycles. The molecule has 2 heterocycles. The van der Waals surface area contributed by atoms with Gasteiger partial charge in [0.1, 0.15) is 0 Å². The maximum Gasteiger partial charge on any atom is 0.255 e. The van der Waals surface area contributed by atoms with Gasteiger partial charge in [-0.15, -0.1) is 0 Å². The van der Waals surface area contributed by atoms with Gasteiger partial charge in [0.25, 0.3) is 5.56 Å². The monoisotopic (exact) mass is 395 g/mol. The number of H-pyrrole nitrogens is 2. The number of hydrogen-bond donors (Lipinski definition) is 2. The van der Waals surface area contributed by atoms with Crippen molar-refractivity contribution in [1.29, 1.82) is 0 Å². The molecule has 0 aliphatic heterocycles. The predicted octanol–water partition coefficient (Wildman–Crippen LogP) is 4.05. The van der Waals surface area contributed by atoms with Gasteiger partial charge in [-0.2, -0.15) is 0 Å². The largest absolute Gasteiger partial charge is 0.358 e. The first kappa shape index (κ1) is 18.9. The number of carbonyl (C=O) groups is 1. The summed E-state index contributed by atoms with van der Waals surface area (Å²) in [5.41, 5.74) is 1.76. The number of carbonyl (C=O) groups excluding carboxylic acids is 1. The van der Waals surface area contributed by atoms with E-state index in [1.807, 2.05) is 30.3 Å². The number of amides is 1. The SMILES string of the molecule is CC(c1c[nH]c(=O)c2cc(F)c(F)cc12)N(C)C(=O)Cc1cc2ccccc2[nH]1. The zero-order valence-corrected chi connectivity index (χ0v) is 15.9. The average Bonchev–Trinajstić information content (AvgIpc) is 3.11. The molecule has 29 heavy (non-hydrogen) atoms. The molecule has 0 spiro atoms. The molecule has 4 aromatic rings. The van der Waals surface area contributed by atoms with E-state index in [1.54, 1.807) is 14.0 Å². The molecule has 1 unspecified atom stereocenters. The number of likely N-dealkylation sites (N-methyl/N-ethyl adjacent to an activating group) is 1. The Morgan fingerprint density at radius 1 is 1.10 bits per heavy atom. The van der Waals surface area contributed by atoms with Crippen molar-refractivity contribution in [3.8, 4) is 0 Å². The van der Waals surface area contributed by atoms with Gasteiger partial charge in [-0.1, -0.05) is 18.2 Å². The van der Waals surface area contributed by atoms with Gasteiger partial charge in [0.05, 0.1) is 17.8 Å². The summed E-state index contributed by atoms with van der Waals surface area (Å²) in [6.45, 7) is 1.78. The molecule has 0 aliphatic rings. The van der Waals surface area contributed by atoms with Crippen LogP contribution in [0.1, 0.15) is 24.2 Å². The quantitative estimate of drug-likeness (QED) is 0.547. The van der Waals surface area contributed by atoms with Crippen LogP contribution < -0.4 is 5.56 Å². The smallest absolute Gasteiger partial charge is 0.255 e. The molecule has 0 aliphatic carbocycles. The molecule has 4 rings (SSSR count). The summed E-state index contributed by atoms with van der Waals surface area (Å²) in [4.78, 5) is 32.1. The number of rotatable bonds is 4. The van der Waals surface area contributed by atoms with Crippen LogP contribution in [0.25, 0.3) is 21.7 Å². The second kappa shape index (κ2) is 7.16. The fraction of sp³-hybridized carbons (Fsp3) is 0.182. The highest BCUT2D eigenvalue weighted by molar-refractivity contribution is 5.87. The topological polar surface area (TPSA) is 69.0 Å². The first-order valence-electron chi connectivity index (χ1n) is 9.18. The second-order valence-electron chi connectivity index (χ2n) is 7.12. The molecule has 5 nitrogen and oxygen atoms in total. The van der Waals surface area contributed by atoms with Crippen molar-refractivity contribution in [3.05, 3.63) is 81.9 Å². The number of benzene rings is 2. The summed E-state index contributed by atoms with van der Waals surface area (Å²) < 4.78 is 27.4. The molecule has 2 N–H and O–H groups in total. The lowest BCUT2D eigenvalue weighted by molar-refractivity contribution is -0.131. The Labute approximate surface area is 165 Å². The molecule has 7 heteroatoms. The van der Waals surface area contributed by atoms with E-state index in [0.29, 0.717) is 5.56 Å². The molecule has 0 fully saturated rings. The number of aromatic amines is 2. The van der Waals surface area contributed by atoms with Crippen LogP contribution in [0.15, 0.2) is 53.5 Å². The third kappa shape index (κ3) is 3.40. The van der Waals surface area contributed by atoms with Crippen LogP contribution in [-0.4, -0.2) is 27.8 Å². The summed E-state index contributed by atoms with van der Waals surface area (Å²) in [6, 6.07) is 11.1. The van der Waals surface area contributed by atoms with E-state index in [-0.39, 0.29) is 23.1 Å². The number of nitrogens with one attached hydrogen (secondary N) is 2. The van der Waals surface area contributed by atoms with Crippen LogP contribution >= 0.6 is 0 Å². The fourth-order valence-electron chi connectivity index (χ4n) is 3.56. The summed E-state index contributed by atoms with van der Waals surface area (Å²) in [7, 11) is 1.65. The van der Waals surface area contributed by atoms with Gasteiger partial charge in [-0.3, -0.25) is 9.59 Å². The van der Waals surface area contributed by atoms with Crippen molar-refractivity contribution >= 4 is 27.6 Å². The highest BCUT2D eigenvalue weighted by atomic mass is 19.2. The molecule has 0 saturated heterocycles. The zero-order valence-electron chi connectivity index (χ0n) is 15.9. The molecule has 148 valence electrons. The number of aromatic nitrogens is 2. The number of pyridine rings is 1. The number of fused-ring (bicyclic) bond motifs is 2. The Bertz CT molecular complexity index is 1260. The number of nitrogens with zero attached hydrogens (tertiary/aromatic N) is 1. The lowest BCUT2D eigenvalue weighted by atomic mass is 10.0. The van der Waals surface area contributed by atoms with Crippen LogP contribution in [-0.2, 0) is 11.2 Å². The number of para-hydroxylation sites is 1. The van der Waals surface area contributed by atoms with Gasteiger partial charge in [0, 0.05) is 24.5 Å². The highest BCUT2D eigenvalue weighted by Crippen LogP contribution is 2.27. The van der Waals surface area contributed by atoms with Gasteiger partial charge in [0.15, 0.2) is 11.6 Å². The van der Waals surface area contributed by atoms with Crippen LogP contribution in [0.5, 0.6) is 0 Å². The summed E-state index contributed by atoms with van der Waals surface area (Å²) >= 11 is 0. The van der Waals surface area contributed by atoms with E-state index in [1.165, 1.54) is 11.1 Å². The van der Waals surface area contributed by atoms with Gasteiger partial charge in [-0.25, -0.2) is 8.78 Å². The van der Waals surface area contributed by atoms with Crippen molar-refractivity contribution in [2.75, 3.05) is 7.05 Å². The zero-order chi connectivity index (χ0) is 20.7. The van der Waals surface area contributed by atoms with E-state index in [9.17, 15) is 18.4 Å². The molecule has 2 aromatic heterocycles. The molecule has 2 aromatic carbocycles. The maximum atomic E-state index is 13.8. The van der Waals surface area contributed by atoms with Gasteiger partial charge >= 0.3 is 0 Å². The van der Waals surface area contributed by atoms with Crippen molar-refractivity contribution in [3.63, 3.8) is 0 Å². The van der Waals surface area contributed by atoms with E-state index >= 15 is 0 Å². The van der Waals surface area contributed by atoms with Crippen LogP contribution in [0, 0.1) is 11.6 Å². The third-order valence-electron chi connectivity index (χ3n) is 5.33. The van der Waals surface area contributed by atoms with Crippen molar-refractivity contribution in [2.45, 2.75) is 19.4 Å². The second-order valence-corrected chi connectivity index (χ2v) is 7.12. The third-order valence-corrected chi connectivity index (χ3v) is 5.33. The first-order valence-corrected chi connectivity index (χ1v) is 9.18. The molecule has 1 atom stereocenters. The standard InChI is InChI=1S/C22H19F2N3O2/c1-12(17-11-25-22(29)16-10-19(24)18(23)9-15(16)17)27(2)21(28)8-14-7-13-5-3-4-6-20(13)26-14/h3-7,9-12,26H,8H2,1-2H3,(H,25,29). The van der Waals surface area contributed by atoms with Crippen LogP contribution in [0.4, 0.5) is 8.78 Å². The van der Waals surface area contributed by atoms with Gasteiger partial charge < -0.3 is 14.9 Å². The fourth-order valence-corrected chi connectivity index (χ4v) is 3.56. The summed E-state index contributed by atoms with van der Waals surface area (Å²) in [5, 5.41) is 1.35. The molecular weight excluding hydrogens is 376 g/mol. The van der Waals surface area contributed by atoms with E-state index in [0.717, 1.165) is 28.7 Å². The minimum absolute atomic E-state index is 0.0460. The van der Waals surface area contributed by atoms with Crippen molar-refractivity contribution in [2.24, 2.45) is 0 Å². The Morgan fingerprint density at radius 3 is 2.52 bits per heavy atom. The van der Waals surface area contributed by atoms with Crippen LogP contribution in [0.2, 0.25) is 0 Å². The molecule has 0 radical (unpaired) electrons. The highest BCUT2D eigenvalue weighted by Gasteiger charge is 2.22. The normalized spacial score (nSPS) is 12.4. The summed E-state index contributed by atoms with van der Waals surface area (Å²) in [5.74, 6) is -2.27. The van der Waals surface area contributed by atoms with E-state index in [4.69, 9.17) is 0 Å². The van der Waals surface area contributed by atoms with E-state index in [2.05, 4.69) is 9.97 Å². The Hall–Kier alpha value is -3.48. The molecule has 0 bridgehead atoms. The van der Waals surface area contributed by atoms with Crippen molar-refractivity contribution < 1.29 is 13.6 Å². The van der Waals surface area contributed by atoms with Crippen LogP contribution in [0.3, 0.4) is 0 Å². The summed E-state index contributed by atoms with van der Waals surface area (Å²) in [6.07, 6.45) is 1.61. The van der Waals surface area contributed by atoms with E-state index < -0.39 is 23.2 Å². The average molecular weight is 395 g/mol. The Kier molecular flexibility index (Phi) is 4.66. The molecule has 1 amide bonds. The number of hydrogen-bond acceptors (Lipinski definition) is 2. The minimum atomic E-state index is -1.09. The minimum Gasteiger partial charge on any atom is -0.358 e. The lowest BCUT2D eigenvalue weighted by Gasteiger charge is -2.26. The van der Waals surface area contributed by atoms with Gasteiger partial charge in [0.2, 0.25) is 5.91 Å². The number of halogens is 2. The lowest BCUT2D eigenvalue weighted by Crippen LogP contribution is -2.31.